The Labute approximate surface area is 323 Å². The van der Waals surface area contributed by atoms with Crippen LogP contribution in [-0.2, 0) is 28.5 Å². The first kappa shape index (κ1) is 41.4. The molecule has 55 heavy (non-hydrogen) atoms. The van der Waals surface area contributed by atoms with Crippen molar-refractivity contribution in [2.45, 2.75) is 167 Å². The Kier molecular flexibility index (Phi) is 10.5. The number of hydrogen-bond acceptors (Lipinski definition) is 13. The van der Waals surface area contributed by atoms with Gasteiger partial charge >= 0.3 is 11.9 Å². The average Bonchev–Trinajstić information content (AvgIpc) is 3.13. The summed E-state index contributed by atoms with van der Waals surface area (Å²) in [6.45, 7) is 12.5. The molecular formula is C41H64O14. The Balaban J connectivity index is 1.19. The summed E-state index contributed by atoms with van der Waals surface area (Å²) in [6.07, 6.45) is -4.78. The molecule has 2 aliphatic heterocycles. The van der Waals surface area contributed by atoms with E-state index in [0.29, 0.717) is 12.8 Å². The smallest absolute Gasteiger partial charge is 0.315 e. The van der Waals surface area contributed by atoms with Crippen LogP contribution in [0.1, 0.15) is 106 Å². The molecule has 2 saturated heterocycles. The fraction of sp³-hybridized carbons (Fsp3) is 0.902. The Morgan fingerprint density at radius 1 is 0.800 bits per heavy atom. The number of carboxylic acid groups (broad SMARTS) is 1. The highest BCUT2D eigenvalue weighted by Gasteiger charge is 2.70. The molecule has 0 radical (unpaired) electrons. The van der Waals surface area contributed by atoms with Crippen LogP contribution in [-0.4, -0.2) is 127 Å². The van der Waals surface area contributed by atoms with E-state index in [1.807, 2.05) is 0 Å². The zero-order valence-corrected chi connectivity index (χ0v) is 33.1. The Hall–Kier alpha value is -1.72. The number of carbonyl (C=O) groups excluding carboxylic acids is 1. The van der Waals surface area contributed by atoms with Crippen molar-refractivity contribution in [2.24, 2.45) is 50.2 Å². The monoisotopic (exact) mass is 780 g/mol. The molecule has 0 aromatic rings. The van der Waals surface area contributed by atoms with Gasteiger partial charge < -0.3 is 59.8 Å². The first-order chi connectivity index (χ1) is 25.6. The molecule has 18 unspecified atom stereocenters. The van der Waals surface area contributed by atoms with Crippen LogP contribution in [0.4, 0.5) is 0 Å². The second-order valence-corrected chi connectivity index (χ2v) is 19.9. The van der Waals surface area contributed by atoms with Gasteiger partial charge in [-0.15, -0.1) is 0 Å². The molecule has 2 heterocycles. The number of aliphatic carboxylic acids is 1. The second-order valence-electron chi connectivity index (χ2n) is 19.9. The first-order valence-corrected chi connectivity index (χ1v) is 20.4. The van der Waals surface area contributed by atoms with Gasteiger partial charge in [0.25, 0.3) is 0 Å². The van der Waals surface area contributed by atoms with Crippen molar-refractivity contribution in [1.29, 1.82) is 0 Å². The third kappa shape index (κ3) is 6.01. The van der Waals surface area contributed by atoms with Gasteiger partial charge in [0, 0.05) is 0 Å². The van der Waals surface area contributed by atoms with Crippen molar-refractivity contribution in [2.75, 3.05) is 13.2 Å². The van der Waals surface area contributed by atoms with E-state index in [4.69, 9.17) is 18.9 Å². The normalized spacial score (nSPS) is 53.4. The van der Waals surface area contributed by atoms with Crippen LogP contribution in [0.25, 0.3) is 0 Å². The molecule has 0 bridgehead atoms. The van der Waals surface area contributed by atoms with Crippen LogP contribution < -0.4 is 0 Å². The minimum atomic E-state index is -1.74. The number of fused-ring (bicyclic) bond motifs is 7. The molecule has 18 atom stereocenters. The molecule has 8 N–H and O–H groups in total. The molecule has 6 fully saturated rings. The van der Waals surface area contributed by atoms with Crippen LogP contribution in [0.2, 0.25) is 0 Å². The van der Waals surface area contributed by atoms with E-state index in [1.54, 1.807) is 6.92 Å². The lowest BCUT2D eigenvalue weighted by atomic mass is 9.33. The molecule has 14 heteroatoms. The lowest BCUT2D eigenvalue weighted by Crippen LogP contribution is -2.66. The van der Waals surface area contributed by atoms with E-state index in [2.05, 4.69) is 40.7 Å². The summed E-state index contributed by atoms with van der Waals surface area (Å²) in [5.74, 6) is -1.48. The number of carboxylic acids is 1. The largest absolute Gasteiger partial charge is 0.481 e. The Morgan fingerprint density at radius 2 is 1.47 bits per heavy atom. The molecule has 14 nitrogen and oxygen atoms in total. The predicted molar refractivity (Wildman–Crippen MR) is 193 cm³/mol. The first-order valence-electron chi connectivity index (χ1n) is 20.4. The quantitative estimate of drug-likeness (QED) is 0.110. The molecule has 7 rings (SSSR count). The standard InChI is InChI=1S/C41H64O14/c1-36(2)24-9-12-40(6)25(38(24,4)11-10-26(36)54-32-30(47)27(44)22(43)19-52-32)8-7-20-21-17-37(3,34(49)50)13-15-41(21,16-14-39(20,40)5)35(51)55-33-31(48)29(46)28(45)23(18-42)53-33/h7,21-33,42-48H,8-19H2,1-6H3,(H,49,50). The molecule has 0 aromatic carbocycles. The molecule has 0 amide bonds. The lowest BCUT2D eigenvalue weighted by Gasteiger charge is -2.71. The lowest BCUT2D eigenvalue weighted by molar-refractivity contribution is -0.308. The van der Waals surface area contributed by atoms with Crippen LogP contribution >= 0.6 is 0 Å². The zero-order valence-electron chi connectivity index (χ0n) is 33.1. The minimum absolute atomic E-state index is 0.0954. The van der Waals surface area contributed by atoms with Crippen molar-refractivity contribution in [3.63, 3.8) is 0 Å². The third-order valence-corrected chi connectivity index (χ3v) is 17.1. The number of rotatable bonds is 6. The fourth-order valence-corrected chi connectivity index (χ4v) is 13.3. The van der Waals surface area contributed by atoms with Gasteiger partial charge in [-0.25, -0.2) is 0 Å². The maximum absolute atomic E-state index is 14.6. The summed E-state index contributed by atoms with van der Waals surface area (Å²) in [4.78, 5) is 27.3. The van der Waals surface area contributed by atoms with E-state index in [9.17, 15) is 50.4 Å². The molecule has 0 aromatic heterocycles. The fourth-order valence-electron chi connectivity index (χ4n) is 13.3. The second kappa shape index (κ2) is 13.9. The van der Waals surface area contributed by atoms with Crippen LogP contribution in [0, 0.1) is 50.2 Å². The number of aliphatic hydroxyl groups is 7. The number of allylic oxidation sites excluding steroid dienone is 2. The molecule has 312 valence electrons. The van der Waals surface area contributed by atoms with Gasteiger partial charge in [-0.3, -0.25) is 9.59 Å². The van der Waals surface area contributed by atoms with Crippen molar-refractivity contribution in [3.8, 4) is 0 Å². The van der Waals surface area contributed by atoms with E-state index < -0.39 is 90.6 Å². The van der Waals surface area contributed by atoms with Crippen LogP contribution in [0.15, 0.2) is 11.6 Å². The van der Waals surface area contributed by atoms with Crippen molar-refractivity contribution < 1.29 is 69.4 Å². The summed E-state index contributed by atoms with van der Waals surface area (Å²) in [6, 6.07) is 0. The summed E-state index contributed by atoms with van der Waals surface area (Å²) in [5.41, 5.74) is -2.06. The van der Waals surface area contributed by atoms with Crippen LogP contribution in [0.3, 0.4) is 0 Å². The van der Waals surface area contributed by atoms with Crippen molar-refractivity contribution >= 4 is 11.9 Å². The average molecular weight is 781 g/mol. The Bertz CT molecular complexity index is 1530. The summed E-state index contributed by atoms with van der Waals surface area (Å²) in [7, 11) is 0. The van der Waals surface area contributed by atoms with E-state index in [0.717, 1.165) is 37.7 Å². The van der Waals surface area contributed by atoms with Gasteiger partial charge in [0.05, 0.1) is 30.1 Å². The van der Waals surface area contributed by atoms with Gasteiger partial charge in [-0.2, -0.15) is 0 Å². The predicted octanol–water partition coefficient (Wildman–Crippen LogP) is 2.02. The van der Waals surface area contributed by atoms with E-state index >= 15 is 0 Å². The highest BCUT2D eigenvalue weighted by molar-refractivity contribution is 5.81. The summed E-state index contributed by atoms with van der Waals surface area (Å²) < 4.78 is 23.6. The Morgan fingerprint density at radius 3 is 2.15 bits per heavy atom. The number of esters is 1. The van der Waals surface area contributed by atoms with Crippen LogP contribution in [0.5, 0.6) is 0 Å². The zero-order chi connectivity index (χ0) is 40.3. The maximum Gasteiger partial charge on any atom is 0.315 e. The molecular weight excluding hydrogens is 716 g/mol. The van der Waals surface area contributed by atoms with Gasteiger partial charge in [-0.05, 0) is 111 Å². The van der Waals surface area contributed by atoms with Gasteiger partial charge in [0.15, 0.2) is 6.29 Å². The number of ether oxygens (including phenoxy) is 4. The minimum Gasteiger partial charge on any atom is -0.481 e. The van der Waals surface area contributed by atoms with E-state index in [1.165, 1.54) is 0 Å². The van der Waals surface area contributed by atoms with Gasteiger partial charge in [0.1, 0.15) is 42.7 Å². The maximum atomic E-state index is 14.6. The highest BCUT2D eigenvalue weighted by Crippen LogP contribution is 2.76. The van der Waals surface area contributed by atoms with E-state index in [-0.39, 0.29) is 65.5 Å². The molecule has 5 aliphatic carbocycles. The van der Waals surface area contributed by atoms with Crippen molar-refractivity contribution in [3.05, 3.63) is 11.6 Å². The summed E-state index contributed by atoms with van der Waals surface area (Å²) in [5, 5.41) is 82.7. The molecule has 7 aliphatic rings. The SMILES string of the molecule is CC1(C(=O)O)CCC2(C(=O)OC3OC(CO)C(O)C(O)C3O)CCC3(C)C(=CCC4C5(C)CCC(OC6OCC(O)C(O)C6O)C(C)(C)C5CCC43C)C2C1. The topological polar surface area (TPSA) is 233 Å². The third-order valence-electron chi connectivity index (χ3n) is 17.1. The van der Waals surface area contributed by atoms with Gasteiger partial charge in [0.2, 0.25) is 6.29 Å². The summed E-state index contributed by atoms with van der Waals surface area (Å²) >= 11 is 0. The highest BCUT2D eigenvalue weighted by atomic mass is 16.7. The molecule has 4 saturated carbocycles. The number of aliphatic hydroxyl groups excluding tert-OH is 7. The number of carbonyl (C=O) groups is 2. The van der Waals surface area contributed by atoms with Gasteiger partial charge in [-0.1, -0.05) is 46.3 Å². The number of hydrogen-bond donors (Lipinski definition) is 8. The molecule has 0 spiro atoms. The van der Waals surface area contributed by atoms with Crippen molar-refractivity contribution in [1.82, 2.24) is 0 Å².